The molecule has 394 valence electrons. The Morgan fingerprint density at radius 2 is 1.21 bits per heavy atom. The van der Waals surface area contributed by atoms with Gasteiger partial charge < -0.3 is 19.9 Å². The SMILES string of the molecule is CCOC(=O)c1ccc(N2C=C3C(C)(C)CC[C@@]3(c3ccc(CCC(C)(C)C)c(Cl)c3)CC2=O)cc1.CCOC(=O)c1ccc(NC(=O)CC2(c3ccc(CCC(C)(C)C)c(Cl)c3)CCC(C)(C)C2CO)cc1. The predicted octanol–water partition coefficient (Wildman–Crippen LogP) is 15.1. The highest BCUT2D eigenvalue weighted by Gasteiger charge is 2.55. The number of halogens is 2. The number of amides is 2. The molecular formula is C62H80Cl2N2O7. The van der Waals surface area contributed by atoms with Crippen LogP contribution in [0.2, 0.25) is 10.0 Å². The highest BCUT2D eigenvalue weighted by molar-refractivity contribution is 6.31. The number of aliphatic hydroxyl groups is 1. The van der Waals surface area contributed by atoms with E-state index < -0.39 is 5.41 Å². The summed E-state index contributed by atoms with van der Waals surface area (Å²) >= 11 is 13.6. The molecule has 2 N–H and O–H groups in total. The Kier molecular flexibility index (Phi) is 18.0. The van der Waals surface area contributed by atoms with Crippen molar-refractivity contribution in [1.82, 2.24) is 0 Å². The van der Waals surface area contributed by atoms with Gasteiger partial charge in [-0.05, 0) is 181 Å². The van der Waals surface area contributed by atoms with Crippen molar-refractivity contribution in [1.29, 1.82) is 0 Å². The first-order chi connectivity index (χ1) is 34.2. The van der Waals surface area contributed by atoms with E-state index in [0.717, 1.165) is 83.8 Å². The number of carbonyl (C=O) groups is 4. The molecule has 11 heteroatoms. The number of hydrogen-bond donors (Lipinski definition) is 2. The number of carbonyl (C=O) groups excluding carboxylic acids is 4. The monoisotopic (exact) mass is 1030 g/mol. The molecule has 1 heterocycles. The van der Waals surface area contributed by atoms with E-state index in [9.17, 15) is 24.3 Å². The number of rotatable bonds is 15. The van der Waals surface area contributed by atoms with Crippen LogP contribution in [0.3, 0.4) is 0 Å². The summed E-state index contributed by atoms with van der Waals surface area (Å²) in [6, 6.07) is 26.5. The van der Waals surface area contributed by atoms with Gasteiger partial charge in [-0.15, -0.1) is 0 Å². The fraction of sp³-hybridized carbons (Fsp3) is 0.516. The van der Waals surface area contributed by atoms with Gasteiger partial charge in [-0.25, -0.2) is 9.59 Å². The van der Waals surface area contributed by atoms with Crippen molar-refractivity contribution in [2.75, 3.05) is 30.0 Å². The lowest BCUT2D eigenvalue weighted by molar-refractivity contribution is -0.119. The molecule has 2 saturated carbocycles. The molecule has 73 heavy (non-hydrogen) atoms. The predicted molar refractivity (Wildman–Crippen MR) is 297 cm³/mol. The van der Waals surface area contributed by atoms with Gasteiger partial charge in [-0.2, -0.15) is 0 Å². The number of ether oxygens (including phenoxy) is 2. The van der Waals surface area contributed by atoms with Crippen molar-refractivity contribution >= 4 is 58.3 Å². The maximum Gasteiger partial charge on any atom is 0.338 e. The van der Waals surface area contributed by atoms with E-state index in [2.05, 4.69) is 105 Å². The van der Waals surface area contributed by atoms with Crippen molar-refractivity contribution in [2.45, 2.75) is 158 Å². The molecule has 0 radical (unpaired) electrons. The van der Waals surface area contributed by atoms with Crippen molar-refractivity contribution in [3.05, 3.63) is 140 Å². The summed E-state index contributed by atoms with van der Waals surface area (Å²) in [5.74, 6) is -0.915. The molecule has 7 rings (SSSR count). The van der Waals surface area contributed by atoms with Crippen LogP contribution in [0.15, 0.2) is 96.7 Å². The second-order valence-electron chi connectivity index (χ2n) is 24.4. The Bertz CT molecular complexity index is 2660. The number of benzene rings is 4. The number of hydrogen-bond acceptors (Lipinski definition) is 7. The molecule has 3 atom stereocenters. The molecule has 4 aromatic rings. The second-order valence-corrected chi connectivity index (χ2v) is 25.2. The van der Waals surface area contributed by atoms with Gasteiger partial charge in [0.15, 0.2) is 0 Å². The fourth-order valence-electron chi connectivity index (χ4n) is 11.3. The van der Waals surface area contributed by atoms with Crippen LogP contribution in [-0.4, -0.2) is 48.7 Å². The molecule has 1 aliphatic heterocycles. The van der Waals surface area contributed by atoms with E-state index in [-0.39, 0.29) is 69.8 Å². The number of nitrogens with zero attached hydrogens (tertiary/aromatic N) is 1. The summed E-state index contributed by atoms with van der Waals surface area (Å²) in [7, 11) is 0. The number of allylic oxidation sites excluding steroid dienone is 1. The zero-order chi connectivity index (χ0) is 53.7. The Hall–Kier alpha value is -4.96. The lowest BCUT2D eigenvalue weighted by atomic mass is 9.65. The highest BCUT2D eigenvalue weighted by atomic mass is 35.5. The molecule has 3 aliphatic rings. The third kappa shape index (κ3) is 13.5. The average Bonchev–Trinajstić information content (AvgIpc) is 3.74. The van der Waals surface area contributed by atoms with Crippen LogP contribution < -0.4 is 10.2 Å². The molecular weight excluding hydrogens is 956 g/mol. The van der Waals surface area contributed by atoms with Crippen LogP contribution in [0.5, 0.6) is 0 Å². The van der Waals surface area contributed by atoms with Gasteiger partial charge in [0.05, 0.1) is 24.3 Å². The van der Waals surface area contributed by atoms with Crippen LogP contribution in [0.25, 0.3) is 0 Å². The van der Waals surface area contributed by atoms with Gasteiger partial charge in [-0.1, -0.05) is 117 Å². The Morgan fingerprint density at radius 1 is 0.699 bits per heavy atom. The molecule has 9 nitrogen and oxygen atoms in total. The van der Waals surface area contributed by atoms with Crippen molar-refractivity contribution < 1.29 is 33.8 Å². The van der Waals surface area contributed by atoms with Gasteiger partial charge in [0.1, 0.15) is 0 Å². The van der Waals surface area contributed by atoms with Gasteiger partial charge >= 0.3 is 11.9 Å². The molecule has 2 aliphatic carbocycles. The molecule has 2 amide bonds. The first-order valence-corrected chi connectivity index (χ1v) is 27.0. The third-order valence-electron chi connectivity index (χ3n) is 15.7. The lowest BCUT2D eigenvalue weighted by Gasteiger charge is -2.41. The van der Waals surface area contributed by atoms with Gasteiger partial charge in [0.2, 0.25) is 11.8 Å². The van der Waals surface area contributed by atoms with Crippen molar-refractivity contribution in [3.8, 4) is 0 Å². The normalized spacial score (nSPS) is 21.1. The number of aliphatic hydroxyl groups excluding tert-OH is 1. The Balaban J connectivity index is 0.000000238. The minimum Gasteiger partial charge on any atom is -0.462 e. The standard InChI is InChI=1S/C31H42ClNO4.C31H38ClNO3/c1-7-37-28(36)22-9-12-24(13-10-22)33-27(35)19-31(17-16-30(5,6)26(31)20-34)23-11-8-21(25(32)18-23)14-15-29(2,3)4;1-7-36-28(35)22-9-12-24(13-10-22)33-20-26-30(5,6)16-17-31(26,19-27(33)34)23-11-8-21(25(32)18-23)14-15-29(2,3)4/h8-13,18,26,34H,7,14-17,19-20H2,1-6H3,(H,33,35);8-13,18,20H,7,14-17,19H2,1-6H3/t;31-/m.0/s1. The minimum absolute atomic E-state index is 0.00207. The van der Waals surface area contributed by atoms with E-state index in [4.69, 9.17) is 32.7 Å². The summed E-state index contributed by atoms with van der Waals surface area (Å²) < 4.78 is 10.1. The van der Waals surface area contributed by atoms with E-state index in [1.807, 2.05) is 24.4 Å². The minimum atomic E-state index is -0.528. The second kappa shape index (κ2) is 22.9. The van der Waals surface area contributed by atoms with Gasteiger partial charge in [0.25, 0.3) is 0 Å². The summed E-state index contributed by atoms with van der Waals surface area (Å²) in [6.07, 6.45) is 10.2. The largest absolute Gasteiger partial charge is 0.462 e. The van der Waals surface area contributed by atoms with E-state index in [1.54, 1.807) is 55.1 Å². The highest BCUT2D eigenvalue weighted by Crippen LogP contribution is 2.60. The third-order valence-corrected chi connectivity index (χ3v) is 16.4. The zero-order valence-corrected chi connectivity index (χ0v) is 47.0. The number of aryl methyl sites for hydroxylation is 2. The van der Waals surface area contributed by atoms with E-state index in [1.165, 1.54) is 11.1 Å². The van der Waals surface area contributed by atoms with E-state index in [0.29, 0.717) is 36.4 Å². The molecule has 2 unspecified atom stereocenters. The quantitative estimate of drug-likeness (QED) is 0.114. The smallest absolute Gasteiger partial charge is 0.338 e. The first-order valence-electron chi connectivity index (χ1n) is 26.3. The molecule has 2 fully saturated rings. The summed E-state index contributed by atoms with van der Waals surface area (Å²) in [5, 5.41) is 15.0. The number of nitrogens with one attached hydrogen (secondary N) is 1. The van der Waals surface area contributed by atoms with Gasteiger partial charge in [0, 0.05) is 57.9 Å². The maximum atomic E-state index is 13.6. The zero-order valence-electron chi connectivity index (χ0n) is 45.5. The topological polar surface area (TPSA) is 122 Å². The van der Waals surface area contributed by atoms with Crippen molar-refractivity contribution in [3.63, 3.8) is 0 Å². The van der Waals surface area contributed by atoms with Crippen LogP contribution >= 0.6 is 23.2 Å². The number of fused-ring (bicyclic) bond motifs is 1. The molecule has 4 aromatic carbocycles. The summed E-state index contributed by atoms with van der Waals surface area (Å²) in [5.41, 5.74) is 7.42. The van der Waals surface area contributed by atoms with Crippen LogP contribution in [0, 0.1) is 27.6 Å². The summed E-state index contributed by atoms with van der Waals surface area (Å²) in [4.78, 5) is 52.7. The first kappa shape index (κ1) is 57.3. The molecule has 0 bridgehead atoms. The number of esters is 2. The lowest BCUT2D eigenvalue weighted by Crippen LogP contribution is -2.42. The molecule has 0 spiro atoms. The summed E-state index contributed by atoms with van der Waals surface area (Å²) in [6.45, 7) is 26.4. The average molecular weight is 1040 g/mol. The van der Waals surface area contributed by atoms with Crippen molar-refractivity contribution in [2.24, 2.45) is 27.6 Å². The van der Waals surface area contributed by atoms with Crippen LogP contribution in [-0.2, 0) is 42.7 Å². The molecule has 0 saturated heterocycles. The Labute approximate surface area is 445 Å². The van der Waals surface area contributed by atoms with Crippen LogP contribution in [0.1, 0.15) is 177 Å². The Morgan fingerprint density at radius 3 is 1.70 bits per heavy atom. The van der Waals surface area contributed by atoms with Crippen LogP contribution in [0.4, 0.5) is 11.4 Å². The fourth-order valence-corrected chi connectivity index (χ4v) is 11.9. The number of anilines is 2. The molecule has 0 aromatic heterocycles. The van der Waals surface area contributed by atoms with Gasteiger partial charge in [-0.3, -0.25) is 14.5 Å². The van der Waals surface area contributed by atoms with E-state index >= 15 is 0 Å². The maximum absolute atomic E-state index is 13.6.